The number of anilines is 1. The Bertz CT molecular complexity index is 1220. The Hall–Kier alpha value is -2.81. The number of para-hydroxylation sites is 1. The van der Waals surface area contributed by atoms with Crippen molar-refractivity contribution in [1.82, 2.24) is 14.3 Å². The maximum absolute atomic E-state index is 12.9. The molecule has 11 heteroatoms. The van der Waals surface area contributed by atoms with Crippen molar-refractivity contribution in [3.05, 3.63) is 73.3 Å². The zero-order chi connectivity index (χ0) is 22.9. The molecule has 1 N–H and O–H groups in total. The van der Waals surface area contributed by atoms with E-state index in [1.165, 1.54) is 11.6 Å². The zero-order valence-electron chi connectivity index (χ0n) is 16.6. The largest absolute Gasteiger partial charge is 0.448 e. The van der Waals surface area contributed by atoms with Gasteiger partial charge in [0.25, 0.3) is 11.5 Å². The van der Waals surface area contributed by atoms with E-state index in [4.69, 9.17) is 39.5 Å². The Kier molecular flexibility index (Phi) is 6.74. The third kappa shape index (κ3) is 4.46. The van der Waals surface area contributed by atoms with Gasteiger partial charge in [0, 0.05) is 13.2 Å². The third-order valence-electron chi connectivity index (χ3n) is 4.57. The Morgan fingerprint density at radius 1 is 1.13 bits per heavy atom. The molecule has 0 fully saturated rings. The standard InChI is InChI=1S/C20H17Cl3N4O4/c1-10-16(19(29)27(26(10)3)12-7-5-4-6-8-12)25-18(28)11(2)31-20(30)17-15(23)14(22)13(21)9-24-17/h4-9,11H,1-3H3,(H,25,28)/t11-/m0/s1. The van der Waals surface area contributed by atoms with Gasteiger partial charge in [0.05, 0.1) is 26.4 Å². The summed E-state index contributed by atoms with van der Waals surface area (Å²) in [7, 11) is 1.70. The number of nitrogens with zero attached hydrogens (tertiary/aromatic N) is 3. The number of rotatable bonds is 5. The lowest BCUT2D eigenvalue weighted by Gasteiger charge is -2.13. The molecule has 0 aliphatic carbocycles. The molecule has 0 radical (unpaired) electrons. The average molecular weight is 484 g/mol. The van der Waals surface area contributed by atoms with Gasteiger partial charge in [-0.1, -0.05) is 53.0 Å². The molecule has 162 valence electrons. The summed E-state index contributed by atoms with van der Waals surface area (Å²) in [5, 5.41) is 2.37. The number of benzene rings is 1. The summed E-state index contributed by atoms with van der Waals surface area (Å²) < 4.78 is 8.16. The first-order valence-corrected chi connectivity index (χ1v) is 10.1. The van der Waals surface area contributed by atoms with Crippen LogP contribution in [0.25, 0.3) is 5.69 Å². The van der Waals surface area contributed by atoms with Crippen LogP contribution in [0.1, 0.15) is 23.1 Å². The van der Waals surface area contributed by atoms with E-state index in [0.717, 1.165) is 6.20 Å². The summed E-state index contributed by atoms with van der Waals surface area (Å²) in [5.74, 6) is -1.66. The lowest BCUT2D eigenvalue weighted by atomic mass is 10.3. The van der Waals surface area contributed by atoms with E-state index < -0.39 is 23.5 Å². The highest BCUT2D eigenvalue weighted by Crippen LogP contribution is 2.31. The topological polar surface area (TPSA) is 95.2 Å². The predicted molar refractivity (Wildman–Crippen MR) is 119 cm³/mol. The fourth-order valence-electron chi connectivity index (χ4n) is 2.79. The minimum atomic E-state index is -1.25. The van der Waals surface area contributed by atoms with Gasteiger partial charge in [-0.15, -0.1) is 0 Å². The lowest BCUT2D eigenvalue weighted by Crippen LogP contribution is -2.32. The predicted octanol–water partition coefficient (Wildman–Crippen LogP) is 4.02. The van der Waals surface area contributed by atoms with E-state index in [-0.39, 0.29) is 26.4 Å². The second kappa shape index (κ2) is 9.13. The molecule has 0 aliphatic heterocycles. The van der Waals surface area contributed by atoms with Gasteiger partial charge >= 0.3 is 5.97 Å². The second-order valence-electron chi connectivity index (χ2n) is 6.56. The molecule has 1 atom stereocenters. The van der Waals surface area contributed by atoms with Gasteiger partial charge in [0.1, 0.15) is 5.69 Å². The van der Waals surface area contributed by atoms with E-state index in [9.17, 15) is 14.4 Å². The van der Waals surface area contributed by atoms with Crippen LogP contribution in [-0.2, 0) is 16.6 Å². The summed E-state index contributed by atoms with van der Waals surface area (Å²) in [5.41, 5.74) is 0.531. The molecule has 31 heavy (non-hydrogen) atoms. The number of carbonyl (C=O) groups is 2. The molecule has 0 saturated heterocycles. The minimum absolute atomic E-state index is 0.0521. The number of hydrogen-bond donors (Lipinski definition) is 1. The van der Waals surface area contributed by atoms with Gasteiger partial charge in [-0.25, -0.2) is 14.5 Å². The minimum Gasteiger partial charge on any atom is -0.448 e. The molecule has 0 spiro atoms. The summed E-state index contributed by atoms with van der Waals surface area (Å²) in [6.07, 6.45) is -0.0970. The molecule has 0 bridgehead atoms. The molecule has 1 amide bonds. The molecule has 3 aromatic rings. The quantitative estimate of drug-likeness (QED) is 0.553. The van der Waals surface area contributed by atoms with Crippen LogP contribution in [-0.4, -0.2) is 32.3 Å². The van der Waals surface area contributed by atoms with Crippen molar-refractivity contribution in [2.75, 3.05) is 5.32 Å². The van der Waals surface area contributed by atoms with Crippen LogP contribution in [0.4, 0.5) is 5.69 Å². The number of ether oxygens (including phenoxy) is 1. The number of esters is 1. The van der Waals surface area contributed by atoms with Crippen LogP contribution in [0.5, 0.6) is 0 Å². The second-order valence-corrected chi connectivity index (χ2v) is 7.72. The van der Waals surface area contributed by atoms with E-state index in [1.807, 2.05) is 6.07 Å². The fourth-order valence-corrected chi connectivity index (χ4v) is 3.35. The van der Waals surface area contributed by atoms with Gasteiger partial charge in [-0.3, -0.25) is 14.3 Å². The number of halogens is 3. The van der Waals surface area contributed by atoms with Gasteiger partial charge in [0.2, 0.25) is 0 Å². The van der Waals surface area contributed by atoms with Gasteiger partial charge in [-0.2, -0.15) is 0 Å². The first kappa shape index (κ1) is 22.9. The van der Waals surface area contributed by atoms with E-state index in [1.54, 1.807) is 42.9 Å². The van der Waals surface area contributed by atoms with Crippen molar-refractivity contribution in [3.63, 3.8) is 0 Å². The molecule has 8 nitrogen and oxygen atoms in total. The highest BCUT2D eigenvalue weighted by atomic mass is 35.5. The maximum atomic E-state index is 12.9. The third-order valence-corrected chi connectivity index (χ3v) is 5.81. The molecule has 0 saturated carbocycles. The summed E-state index contributed by atoms with van der Waals surface area (Å²) >= 11 is 17.7. The number of hydrogen-bond acceptors (Lipinski definition) is 5. The van der Waals surface area contributed by atoms with Crippen LogP contribution in [0.15, 0.2) is 41.3 Å². The molecular formula is C20H17Cl3N4O4. The van der Waals surface area contributed by atoms with Crippen LogP contribution >= 0.6 is 34.8 Å². The summed E-state index contributed by atoms with van der Waals surface area (Å²) in [4.78, 5) is 41.6. The molecule has 2 aromatic heterocycles. The van der Waals surface area contributed by atoms with Gasteiger partial charge < -0.3 is 10.1 Å². The van der Waals surface area contributed by atoms with Crippen molar-refractivity contribution in [1.29, 1.82) is 0 Å². The Balaban J connectivity index is 1.80. The summed E-state index contributed by atoms with van der Waals surface area (Å²) in [6.45, 7) is 3.04. The van der Waals surface area contributed by atoms with Crippen LogP contribution < -0.4 is 10.9 Å². The highest BCUT2D eigenvalue weighted by Gasteiger charge is 2.26. The van der Waals surface area contributed by atoms with Gasteiger partial charge in [-0.05, 0) is 26.0 Å². The van der Waals surface area contributed by atoms with Crippen molar-refractivity contribution in [2.24, 2.45) is 7.05 Å². The number of pyridine rings is 1. The molecule has 3 rings (SSSR count). The average Bonchev–Trinajstić information content (AvgIpc) is 2.95. The Morgan fingerprint density at radius 2 is 1.77 bits per heavy atom. The summed E-state index contributed by atoms with van der Waals surface area (Å²) in [6, 6.07) is 8.96. The first-order chi connectivity index (χ1) is 14.6. The molecule has 2 heterocycles. The van der Waals surface area contributed by atoms with Crippen molar-refractivity contribution in [3.8, 4) is 5.69 Å². The monoisotopic (exact) mass is 482 g/mol. The highest BCUT2D eigenvalue weighted by molar-refractivity contribution is 6.48. The molecule has 0 unspecified atom stereocenters. The molecule has 1 aromatic carbocycles. The Morgan fingerprint density at radius 3 is 2.42 bits per heavy atom. The van der Waals surface area contributed by atoms with Crippen LogP contribution in [0.2, 0.25) is 15.1 Å². The van der Waals surface area contributed by atoms with E-state index in [0.29, 0.717) is 11.4 Å². The fraction of sp³-hybridized carbons (Fsp3) is 0.200. The zero-order valence-corrected chi connectivity index (χ0v) is 18.9. The Labute approximate surface area is 192 Å². The van der Waals surface area contributed by atoms with Crippen LogP contribution in [0.3, 0.4) is 0 Å². The van der Waals surface area contributed by atoms with E-state index >= 15 is 0 Å². The SMILES string of the molecule is Cc1c(NC(=O)[C@H](C)OC(=O)c2ncc(Cl)c(Cl)c2Cl)c(=O)n(-c2ccccc2)n1C. The maximum Gasteiger partial charge on any atom is 0.359 e. The number of aromatic nitrogens is 3. The molecular weight excluding hydrogens is 467 g/mol. The number of amides is 1. The van der Waals surface area contributed by atoms with Crippen LogP contribution in [0, 0.1) is 6.92 Å². The normalized spacial score (nSPS) is 11.8. The molecule has 0 aliphatic rings. The number of carbonyl (C=O) groups excluding carboxylic acids is 2. The van der Waals surface area contributed by atoms with Crippen molar-refractivity contribution >= 4 is 52.4 Å². The smallest absolute Gasteiger partial charge is 0.359 e. The first-order valence-electron chi connectivity index (χ1n) is 8.98. The van der Waals surface area contributed by atoms with Gasteiger partial charge in [0.15, 0.2) is 11.8 Å². The number of nitrogens with one attached hydrogen (secondary N) is 1. The lowest BCUT2D eigenvalue weighted by molar-refractivity contribution is -0.123. The van der Waals surface area contributed by atoms with Crippen molar-refractivity contribution in [2.45, 2.75) is 20.0 Å². The van der Waals surface area contributed by atoms with E-state index in [2.05, 4.69) is 10.3 Å². The van der Waals surface area contributed by atoms with Crippen molar-refractivity contribution < 1.29 is 14.3 Å².